The van der Waals surface area contributed by atoms with E-state index >= 15 is 0 Å². The van der Waals surface area contributed by atoms with Crippen molar-refractivity contribution in [3.05, 3.63) is 56.2 Å². The van der Waals surface area contributed by atoms with Crippen LogP contribution in [0, 0.1) is 5.82 Å². The number of rotatable bonds is 8. The molecule has 0 aromatic heterocycles. The molecule has 2 aromatic carbocycles. The average molecular weight is 474 g/mol. The lowest BCUT2D eigenvalue weighted by molar-refractivity contribution is 0.112. The van der Waals surface area contributed by atoms with Crippen molar-refractivity contribution in [3.63, 3.8) is 0 Å². The Hall–Kier alpha value is -1.40. The van der Waals surface area contributed by atoms with Crippen LogP contribution in [0.5, 0.6) is 11.5 Å². The van der Waals surface area contributed by atoms with Crippen LogP contribution in [0.15, 0.2) is 39.3 Å². The van der Waals surface area contributed by atoms with Gasteiger partial charge in [0, 0.05) is 10.0 Å². The zero-order valence-electron chi connectivity index (χ0n) is 14.0. The number of benzene rings is 2. The third-order valence-electron chi connectivity index (χ3n) is 3.82. The molecule has 25 heavy (non-hydrogen) atoms. The maximum absolute atomic E-state index is 13.2. The number of ether oxygens (including phenoxy) is 2. The van der Waals surface area contributed by atoms with Crippen LogP contribution in [0.1, 0.15) is 48.2 Å². The van der Waals surface area contributed by atoms with Crippen LogP contribution in [0.2, 0.25) is 0 Å². The van der Waals surface area contributed by atoms with Crippen LogP contribution in [0.25, 0.3) is 0 Å². The predicted molar refractivity (Wildman–Crippen MR) is 103 cm³/mol. The van der Waals surface area contributed by atoms with Crippen molar-refractivity contribution in [1.82, 2.24) is 0 Å². The molecular weight excluding hydrogens is 455 g/mol. The van der Waals surface area contributed by atoms with E-state index in [1.165, 1.54) is 19.2 Å². The van der Waals surface area contributed by atoms with Gasteiger partial charge in [0.1, 0.15) is 11.9 Å². The molecule has 0 spiro atoms. The summed E-state index contributed by atoms with van der Waals surface area (Å²) in [6.45, 7) is 2.10. The van der Waals surface area contributed by atoms with Crippen LogP contribution in [-0.4, -0.2) is 13.4 Å². The monoisotopic (exact) mass is 472 g/mol. The Bertz CT molecular complexity index is 732. The summed E-state index contributed by atoms with van der Waals surface area (Å²) in [7, 11) is 1.52. The zero-order chi connectivity index (χ0) is 18.4. The highest BCUT2D eigenvalue weighted by atomic mass is 79.9. The molecular formula is C19H19Br2FO3. The summed E-state index contributed by atoms with van der Waals surface area (Å²) in [5.74, 6) is 0.682. The number of aldehydes is 1. The van der Waals surface area contributed by atoms with Crippen molar-refractivity contribution < 1.29 is 18.7 Å². The van der Waals surface area contributed by atoms with Gasteiger partial charge in [0.2, 0.25) is 0 Å². The Kier molecular flexibility index (Phi) is 7.44. The van der Waals surface area contributed by atoms with Gasteiger partial charge in [-0.05, 0) is 68.5 Å². The van der Waals surface area contributed by atoms with Gasteiger partial charge in [-0.2, -0.15) is 0 Å². The van der Waals surface area contributed by atoms with E-state index in [0.717, 1.165) is 31.1 Å². The number of carbonyl (C=O) groups is 1. The minimum atomic E-state index is -0.283. The standard InChI is InChI=1S/C19H19Br2FO3/c1-3-4-5-15(12-6-8-14(22)9-7-12)25-19-16(24-2)10-13(11-23)17(20)18(19)21/h6-11,15H,3-5H2,1-2H3. The van der Waals surface area contributed by atoms with Gasteiger partial charge in [-0.25, -0.2) is 4.39 Å². The number of hydrogen-bond acceptors (Lipinski definition) is 3. The summed E-state index contributed by atoms with van der Waals surface area (Å²) in [6, 6.07) is 7.93. The minimum absolute atomic E-state index is 0.250. The van der Waals surface area contributed by atoms with Gasteiger partial charge >= 0.3 is 0 Å². The van der Waals surface area contributed by atoms with Crippen molar-refractivity contribution in [2.75, 3.05) is 7.11 Å². The molecule has 0 saturated heterocycles. The molecule has 0 aliphatic rings. The molecule has 0 bridgehead atoms. The molecule has 3 nitrogen and oxygen atoms in total. The molecule has 0 saturated carbocycles. The first-order valence-corrected chi connectivity index (χ1v) is 9.53. The summed E-state index contributed by atoms with van der Waals surface area (Å²) >= 11 is 6.87. The first-order chi connectivity index (χ1) is 12.0. The average Bonchev–Trinajstić information content (AvgIpc) is 2.63. The highest BCUT2D eigenvalue weighted by Gasteiger charge is 2.21. The van der Waals surface area contributed by atoms with E-state index in [4.69, 9.17) is 9.47 Å². The molecule has 0 heterocycles. The maximum atomic E-state index is 13.2. The molecule has 0 fully saturated rings. The molecule has 0 aliphatic carbocycles. The van der Waals surface area contributed by atoms with E-state index in [2.05, 4.69) is 38.8 Å². The number of hydrogen-bond donors (Lipinski definition) is 0. The van der Waals surface area contributed by atoms with E-state index in [-0.39, 0.29) is 11.9 Å². The molecule has 2 rings (SSSR count). The topological polar surface area (TPSA) is 35.5 Å². The predicted octanol–water partition coefficient (Wildman–Crippen LogP) is 6.48. The normalized spacial score (nSPS) is 11.9. The molecule has 134 valence electrons. The summed E-state index contributed by atoms with van der Waals surface area (Å²) in [5, 5.41) is 0. The van der Waals surface area contributed by atoms with E-state index < -0.39 is 0 Å². The fraction of sp³-hybridized carbons (Fsp3) is 0.316. The largest absolute Gasteiger partial charge is 0.493 e. The van der Waals surface area contributed by atoms with Crippen molar-refractivity contribution in [1.29, 1.82) is 0 Å². The van der Waals surface area contributed by atoms with Crippen molar-refractivity contribution >= 4 is 38.1 Å². The van der Waals surface area contributed by atoms with Crippen LogP contribution in [-0.2, 0) is 0 Å². The van der Waals surface area contributed by atoms with Gasteiger partial charge in [-0.1, -0.05) is 25.5 Å². The number of halogens is 3. The van der Waals surface area contributed by atoms with Crippen LogP contribution >= 0.6 is 31.9 Å². The molecule has 0 amide bonds. The fourth-order valence-corrected chi connectivity index (χ4v) is 3.36. The smallest absolute Gasteiger partial charge is 0.177 e. The zero-order valence-corrected chi connectivity index (χ0v) is 17.2. The first kappa shape index (κ1) is 19.9. The van der Waals surface area contributed by atoms with Crippen LogP contribution < -0.4 is 9.47 Å². The lowest BCUT2D eigenvalue weighted by Gasteiger charge is -2.23. The third-order valence-corrected chi connectivity index (χ3v) is 5.97. The van der Waals surface area contributed by atoms with E-state index in [0.29, 0.717) is 26.0 Å². The number of methoxy groups -OCH3 is 1. The van der Waals surface area contributed by atoms with Crippen molar-refractivity contribution in [2.45, 2.75) is 32.3 Å². The van der Waals surface area contributed by atoms with Crippen molar-refractivity contribution in [3.8, 4) is 11.5 Å². The summed E-state index contributed by atoms with van der Waals surface area (Å²) in [4.78, 5) is 11.2. The van der Waals surface area contributed by atoms with Gasteiger partial charge in [-0.15, -0.1) is 0 Å². The lowest BCUT2D eigenvalue weighted by Crippen LogP contribution is -2.09. The van der Waals surface area contributed by atoms with Gasteiger partial charge in [-0.3, -0.25) is 4.79 Å². The Labute approximate surface area is 163 Å². The Morgan fingerprint density at radius 3 is 2.44 bits per heavy atom. The second kappa shape index (κ2) is 9.34. The SMILES string of the molecule is CCCCC(Oc1c(OC)cc(C=O)c(Br)c1Br)c1ccc(F)cc1. The Balaban J connectivity index is 2.42. The highest BCUT2D eigenvalue weighted by Crippen LogP contribution is 2.44. The summed E-state index contributed by atoms with van der Waals surface area (Å²) in [5.41, 5.74) is 1.35. The van der Waals surface area contributed by atoms with E-state index in [1.807, 2.05) is 0 Å². The van der Waals surface area contributed by atoms with Gasteiger partial charge in [0.25, 0.3) is 0 Å². The van der Waals surface area contributed by atoms with Crippen molar-refractivity contribution in [2.24, 2.45) is 0 Å². The second-order valence-electron chi connectivity index (χ2n) is 5.54. The molecule has 0 radical (unpaired) electrons. The molecule has 1 unspecified atom stereocenters. The Morgan fingerprint density at radius 2 is 1.88 bits per heavy atom. The highest BCUT2D eigenvalue weighted by molar-refractivity contribution is 9.13. The molecule has 0 N–H and O–H groups in total. The fourth-order valence-electron chi connectivity index (χ4n) is 2.45. The molecule has 2 aromatic rings. The lowest BCUT2D eigenvalue weighted by atomic mass is 10.0. The summed E-state index contributed by atoms with van der Waals surface area (Å²) in [6.07, 6.45) is 3.27. The molecule has 1 atom stereocenters. The molecule has 6 heteroatoms. The van der Waals surface area contributed by atoms with Gasteiger partial charge < -0.3 is 9.47 Å². The Morgan fingerprint density at radius 1 is 1.20 bits per heavy atom. The summed E-state index contributed by atoms with van der Waals surface area (Å²) < 4.78 is 26.1. The maximum Gasteiger partial charge on any atom is 0.177 e. The minimum Gasteiger partial charge on any atom is -0.493 e. The van der Waals surface area contributed by atoms with Gasteiger partial charge in [0.15, 0.2) is 17.8 Å². The number of unbranched alkanes of at least 4 members (excludes halogenated alkanes) is 1. The second-order valence-corrected chi connectivity index (χ2v) is 7.13. The van der Waals surface area contributed by atoms with Crippen LogP contribution in [0.4, 0.5) is 4.39 Å². The quantitative estimate of drug-likeness (QED) is 0.411. The first-order valence-electron chi connectivity index (χ1n) is 7.95. The van der Waals surface area contributed by atoms with Crippen LogP contribution in [0.3, 0.4) is 0 Å². The molecule has 0 aliphatic heterocycles. The van der Waals surface area contributed by atoms with E-state index in [9.17, 15) is 9.18 Å². The number of carbonyl (C=O) groups excluding carboxylic acids is 1. The van der Waals surface area contributed by atoms with Gasteiger partial charge in [0.05, 0.1) is 11.6 Å². The third kappa shape index (κ3) is 4.82. The van der Waals surface area contributed by atoms with E-state index in [1.54, 1.807) is 18.2 Å².